The first-order chi connectivity index (χ1) is 8.55. The molecule has 1 saturated carbocycles. The maximum atomic E-state index is 12.9. The Kier molecular flexibility index (Phi) is 3.79. The molecule has 0 heterocycles. The molecule has 1 aromatic rings. The Hall–Kier alpha value is -1.65. The van der Waals surface area contributed by atoms with E-state index in [1.54, 1.807) is 0 Å². The van der Waals surface area contributed by atoms with Gasteiger partial charge >= 0.3 is 6.09 Å². The Morgan fingerprint density at radius 1 is 1.39 bits per heavy atom. The normalized spacial score (nSPS) is 21.6. The van der Waals surface area contributed by atoms with Crippen LogP contribution in [0.3, 0.4) is 0 Å². The summed E-state index contributed by atoms with van der Waals surface area (Å²) < 4.78 is 30.8. The molecule has 5 heteroatoms. The van der Waals surface area contributed by atoms with Crippen molar-refractivity contribution >= 4 is 6.09 Å². The first-order valence-electron chi connectivity index (χ1n) is 5.90. The zero-order chi connectivity index (χ0) is 13.0. The van der Waals surface area contributed by atoms with Crippen LogP contribution >= 0.6 is 0 Å². The maximum Gasteiger partial charge on any atom is 0.407 e. The number of hydrogen-bond donors (Lipinski definition) is 1. The van der Waals surface area contributed by atoms with E-state index in [9.17, 15) is 13.6 Å². The van der Waals surface area contributed by atoms with E-state index in [-0.39, 0.29) is 19.4 Å². The molecule has 2 rings (SSSR count). The van der Waals surface area contributed by atoms with Crippen molar-refractivity contribution in [1.29, 1.82) is 0 Å². The first kappa shape index (κ1) is 12.8. The highest BCUT2D eigenvalue weighted by Crippen LogP contribution is 2.34. The van der Waals surface area contributed by atoms with E-state index in [2.05, 4.69) is 5.32 Å². The standard InChI is InChI=1S/C13H15F2NO2/c14-13(15)7-6-11(8-13)16-12(17)18-9-10-4-2-1-3-5-10/h1-5,11H,6-9H2,(H,16,17)/t11-/m1/s1. The molecular weight excluding hydrogens is 240 g/mol. The molecule has 0 saturated heterocycles. The second kappa shape index (κ2) is 5.33. The molecule has 1 atom stereocenters. The Labute approximate surface area is 104 Å². The van der Waals surface area contributed by atoms with Gasteiger partial charge in [-0.1, -0.05) is 30.3 Å². The molecule has 0 unspecified atom stereocenters. The zero-order valence-corrected chi connectivity index (χ0v) is 9.86. The SMILES string of the molecule is O=C(N[C@@H]1CCC(F)(F)C1)OCc1ccccc1. The Bertz CT molecular complexity index is 409. The number of carbonyl (C=O) groups excluding carboxylic acids is 1. The fourth-order valence-electron chi connectivity index (χ4n) is 2.00. The fourth-order valence-corrected chi connectivity index (χ4v) is 2.00. The molecule has 1 aliphatic rings. The van der Waals surface area contributed by atoms with Crippen LogP contribution in [-0.2, 0) is 11.3 Å². The molecule has 0 spiro atoms. The lowest BCUT2D eigenvalue weighted by Crippen LogP contribution is -2.34. The quantitative estimate of drug-likeness (QED) is 0.901. The minimum absolute atomic E-state index is 0.149. The van der Waals surface area contributed by atoms with Crippen molar-refractivity contribution in [3.63, 3.8) is 0 Å². The molecule has 0 aliphatic heterocycles. The number of amides is 1. The van der Waals surface area contributed by atoms with Crippen LogP contribution in [0.5, 0.6) is 0 Å². The summed E-state index contributed by atoms with van der Waals surface area (Å²) in [4.78, 5) is 11.4. The van der Waals surface area contributed by atoms with E-state index in [1.807, 2.05) is 30.3 Å². The van der Waals surface area contributed by atoms with Crippen LogP contribution < -0.4 is 5.32 Å². The topological polar surface area (TPSA) is 38.3 Å². The van der Waals surface area contributed by atoms with Gasteiger partial charge in [0.2, 0.25) is 5.92 Å². The highest BCUT2D eigenvalue weighted by Gasteiger charge is 2.40. The Morgan fingerprint density at radius 2 is 2.11 bits per heavy atom. The third-order valence-corrected chi connectivity index (χ3v) is 2.94. The number of nitrogens with one attached hydrogen (secondary N) is 1. The zero-order valence-electron chi connectivity index (χ0n) is 9.86. The monoisotopic (exact) mass is 255 g/mol. The van der Waals surface area contributed by atoms with E-state index in [0.29, 0.717) is 6.42 Å². The second-order valence-electron chi connectivity index (χ2n) is 4.50. The summed E-state index contributed by atoms with van der Waals surface area (Å²) in [5.41, 5.74) is 0.865. The molecule has 1 fully saturated rings. The molecule has 18 heavy (non-hydrogen) atoms. The van der Waals surface area contributed by atoms with Gasteiger partial charge in [0, 0.05) is 18.9 Å². The molecular formula is C13H15F2NO2. The molecule has 1 N–H and O–H groups in total. The van der Waals surface area contributed by atoms with Crippen molar-refractivity contribution in [2.45, 2.75) is 37.8 Å². The molecule has 0 bridgehead atoms. The largest absolute Gasteiger partial charge is 0.445 e. The van der Waals surface area contributed by atoms with Crippen LogP contribution in [0.4, 0.5) is 13.6 Å². The Balaban J connectivity index is 1.73. The summed E-state index contributed by atoms with van der Waals surface area (Å²) in [5.74, 6) is -2.66. The maximum absolute atomic E-state index is 12.9. The minimum atomic E-state index is -2.66. The van der Waals surface area contributed by atoms with Gasteiger partial charge in [-0.2, -0.15) is 0 Å². The van der Waals surface area contributed by atoms with Gasteiger partial charge in [0.1, 0.15) is 6.61 Å². The number of halogens is 2. The molecule has 1 aliphatic carbocycles. The van der Waals surface area contributed by atoms with Crippen LogP contribution in [0.15, 0.2) is 30.3 Å². The minimum Gasteiger partial charge on any atom is -0.445 e. The number of alkyl halides is 2. The summed E-state index contributed by atoms with van der Waals surface area (Å²) >= 11 is 0. The van der Waals surface area contributed by atoms with Gasteiger partial charge in [-0.3, -0.25) is 0 Å². The summed E-state index contributed by atoms with van der Waals surface area (Å²) in [6.07, 6.45) is -0.807. The van der Waals surface area contributed by atoms with Gasteiger partial charge < -0.3 is 10.1 Å². The molecule has 0 radical (unpaired) electrons. The predicted octanol–water partition coefficient (Wildman–Crippen LogP) is 3.10. The average molecular weight is 255 g/mol. The summed E-state index contributed by atoms with van der Waals surface area (Å²) in [6.45, 7) is 0.149. The highest BCUT2D eigenvalue weighted by atomic mass is 19.3. The van der Waals surface area contributed by atoms with E-state index in [0.717, 1.165) is 5.56 Å². The van der Waals surface area contributed by atoms with E-state index in [1.165, 1.54) is 0 Å². The van der Waals surface area contributed by atoms with Crippen molar-refractivity contribution in [3.05, 3.63) is 35.9 Å². The molecule has 3 nitrogen and oxygen atoms in total. The third kappa shape index (κ3) is 3.68. The number of ether oxygens (including phenoxy) is 1. The third-order valence-electron chi connectivity index (χ3n) is 2.94. The van der Waals surface area contributed by atoms with Crippen molar-refractivity contribution in [1.82, 2.24) is 5.32 Å². The van der Waals surface area contributed by atoms with Crippen LogP contribution in [-0.4, -0.2) is 18.1 Å². The van der Waals surface area contributed by atoms with E-state index in [4.69, 9.17) is 4.74 Å². The van der Waals surface area contributed by atoms with Gasteiger partial charge in [-0.05, 0) is 12.0 Å². The molecule has 0 aromatic heterocycles. The summed E-state index contributed by atoms with van der Waals surface area (Å²) in [5, 5.41) is 2.46. The highest BCUT2D eigenvalue weighted by molar-refractivity contribution is 5.67. The molecule has 1 aromatic carbocycles. The fraction of sp³-hybridized carbons (Fsp3) is 0.462. The van der Waals surface area contributed by atoms with Gasteiger partial charge in [0.05, 0.1) is 0 Å². The first-order valence-corrected chi connectivity index (χ1v) is 5.90. The Morgan fingerprint density at radius 3 is 2.72 bits per heavy atom. The van der Waals surface area contributed by atoms with E-state index < -0.39 is 18.1 Å². The van der Waals surface area contributed by atoms with Gasteiger partial charge in [-0.25, -0.2) is 13.6 Å². The lowest BCUT2D eigenvalue weighted by molar-refractivity contribution is 0.00693. The van der Waals surface area contributed by atoms with Crippen LogP contribution in [0.2, 0.25) is 0 Å². The van der Waals surface area contributed by atoms with Gasteiger partial charge in [-0.15, -0.1) is 0 Å². The van der Waals surface area contributed by atoms with Crippen LogP contribution in [0.1, 0.15) is 24.8 Å². The summed E-state index contributed by atoms with van der Waals surface area (Å²) in [7, 11) is 0. The van der Waals surface area contributed by atoms with Crippen molar-refractivity contribution in [2.24, 2.45) is 0 Å². The van der Waals surface area contributed by atoms with E-state index >= 15 is 0 Å². The number of rotatable bonds is 3. The average Bonchev–Trinajstić information content (AvgIpc) is 2.67. The predicted molar refractivity (Wildman–Crippen MR) is 62.3 cm³/mol. The van der Waals surface area contributed by atoms with Crippen molar-refractivity contribution in [2.75, 3.05) is 0 Å². The molecule has 1 amide bonds. The lowest BCUT2D eigenvalue weighted by Gasteiger charge is -2.13. The lowest BCUT2D eigenvalue weighted by atomic mass is 10.2. The molecule has 98 valence electrons. The second-order valence-corrected chi connectivity index (χ2v) is 4.50. The summed E-state index contributed by atoms with van der Waals surface area (Å²) in [6, 6.07) is 8.73. The van der Waals surface area contributed by atoms with Crippen molar-refractivity contribution in [3.8, 4) is 0 Å². The van der Waals surface area contributed by atoms with Crippen molar-refractivity contribution < 1.29 is 18.3 Å². The van der Waals surface area contributed by atoms with Gasteiger partial charge in [0.25, 0.3) is 0 Å². The van der Waals surface area contributed by atoms with Crippen LogP contribution in [0.25, 0.3) is 0 Å². The number of hydrogen-bond acceptors (Lipinski definition) is 2. The van der Waals surface area contributed by atoms with Crippen LogP contribution in [0, 0.1) is 0 Å². The number of carbonyl (C=O) groups is 1. The van der Waals surface area contributed by atoms with Gasteiger partial charge in [0.15, 0.2) is 0 Å². The number of benzene rings is 1. The number of alkyl carbamates (subject to hydrolysis) is 1. The smallest absolute Gasteiger partial charge is 0.407 e.